The maximum absolute atomic E-state index is 12.9. The molecule has 0 aliphatic heterocycles. The molecule has 0 aliphatic carbocycles. The van der Waals surface area contributed by atoms with Crippen LogP contribution < -0.4 is 10.1 Å². The molecule has 7 nitrogen and oxygen atoms in total. The fraction of sp³-hybridized carbons (Fsp3) is 0.261. The topological polar surface area (TPSA) is 80.6 Å². The fourth-order valence-corrected chi connectivity index (χ4v) is 3.37. The predicted molar refractivity (Wildman–Crippen MR) is 116 cm³/mol. The third-order valence-corrected chi connectivity index (χ3v) is 5.01. The number of aromatic nitrogens is 1. The summed E-state index contributed by atoms with van der Waals surface area (Å²) in [6, 6.07) is 14.0. The number of hydrogen-bond acceptors (Lipinski definition) is 4. The third-order valence-electron chi connectivity index (χ3n) is 5.01. The van der Waals surface area contributed by atoms with Gasteiger partial charge >= 0.3 is 0 Å². The maximum atomic E-state index is 12.9. The summed E-state index contributed by atoms with van der Waals surface area (Å²) in [7, 11) is 1.55. The van der Waals surface area contributed by atoms with E-state index in [9.17, 15) is 14.4 Å². The van der Waals surface area contributed by atoms with E-state index in [-0.39, 0.29) is 18.0 Å². The first kappa shape index (κ1) is 21.1. The minimum Gasteiger partial charge on any atom is -0.497 e. The largest absolute Gasteiger partial charge is 0.497 e. The number of benzene rings is 2. The number of ether oxygens (including phenoxy) is 1. The number of fused-ring (bicyclic) bond motifs is 1. The highest BCUT2D eigenvalue weighted by Gasteiger charge is 2.23. The monoisotopic (exact) mass is 407 g/mol. The van der Waals surface area contributed by atoms with Gasteiger partial charge in [-0.2, -0.15) is 0 Å². The van der Waals surface area contributed by atoms with Crippen LogP contribution in [0.4, 0.5) is 5.69 Å². The van der Waals surface area contributed by atoms with E-state index in [1.165, 1.54) is 0 Å². The Morgan fingerprint density at radius 3 is 2.30 bits per heavy atom. The summed E-state index contributed by atoms with van der Waals surface area (Å²) in [5, 5.41) is 3.25. The van der Waals surface area contributed by atoms with Gasteiger partial charge in [-0.3, -0.25) is 14.4 Å². The van der Waals surface area contributed by atoms with Crippen molar-refractivity contribution in [2.24, 2.45) is 0 Å². The molecule has 0 aliphatic rings. The van der Waals surface area contributed by atoms with Gasteiger partial charge < -0.3 is 19.5 Å². The van der Waals surface area contributed by atoms with Crippen LogP contribution in [0.1, 0.15) is 24.2 Å². The van der Waals surface area contributed by atoms with Crippen LogP contribution in [-0.4, -0.2) is 47.3 Å². The molecule has 0 radical (unpaired) electrons. The number of carbonyl (C=O) groups excluding carboxylic acids is 3. The number of rotatable bonds is 8. The van der Waals surface area contributed by atoms with Crippen LogP contribution in [0.3, 0.4) is 0 Å². The summed E-state index contributed by atoms with van der Waals surface area (Å²) in [5.74, 6) is -0.781. The van der Waals surface area contributed by atoms with Crippen LogP contribution in [0.15, 0.2) is 54.7 Å². The first-order valence-electron chi connectivity index (χ1n) is 9.83. The summed E-state index contributed by atoms with van der Waals surface area (Å²) in [6.07, 6.45) is 1.59. The van der Waals surface area contributed by atoms with Crippen LogP contribution in [-0.2, 0) is 16.1 Å². The van der Waals surface area contributed by atoms with E-state index in [2.05, 4.69) is 5.32 Å². The molecule has 156 valence electrons. The van der Waals surface area contributed by atoms with Crippen LogP contribution in [0, 0.1) is 0 Å². The highest BCUT2D eigenvalue weighted by molar-refractivity contribution is 6.48. The molecule has 0 unspecified atom stereocenters. The zero-order chi connectivity index (χ0) is 21.7. The normalized spacial score (nSPS) is 10.6. The van der Waals surface area contributed by atoms with Crippen LogP contribution in [0.25, 0.3) is 10.9 Å². The number of amides is 2. The van der Waals surface area contributed by atoms with E-state index in [1.807, 2.05) is 26.0 Å². The minimum absolute atomic E-state index is 0.0394. The molecule has 1 aromatic heterocycles. The molecule has 0 saturated carbocycles. The number of likely N-dealkylation sites (N-methyl/N-ethyl adjacent to an activating group) is 1. The third kappa shape index (κ3) is 4.35. The number of anilines is 1. The zero-order valence-corrected chi connectivity index (χ0v) is 17.3. The summed E-state index contributed by atoms with van der Waals surface area (Å²) < 4.78 is 6.82. The highest BCUT2D eigenvalue weighted by Crippen LogP contribution is 2.23. The van der Waals surface area contributed by atoms with Gasteiger partial charge in [-0.05, 0) is 44.2 Å². The predicted octanol–water partition coefficient (Wildman–Crippen LogP) is 3.34. The molecule has 0 bridgehead atoms. The summed E-state index contributed by atoms with van der Waals surface area (Å²) in [6.45, 7) is 5.19. The van der Waals surface area contributed by atoms with Gasteiger partial charge in [-0.25, -0.2) is 0 Å². The second-order valence-corrected chi connectivity index (χ2v) is 6.77. The standard InChI is InChI=1S/C23H25N3O4/c1-4-25(5-2)21(27)15-26-14-19(18-8-6-7-9-20(18)26)22(28)23(29)24-16-10-12-17(30-3)13-11-16/h6-14H,4-5,15H2,1-3H3,(H,24,29). The van der Waals surface area contributed by atoms with Gasteiger partial charge in [0.05, 0.1) is 12.7 Å². The number of Topliss-reactive ketones (excluding diaryl/α,β-unsaturated/α-hetero) is 1. The number of ketones is 1. The first-order valence-corrected chi connectivity index (χ1v) is 9.83. The molecule has 1 heterocycles. The number of para-hydroxylation sites is 1. The van der Waals surface area contributed by atoms with Gasteiger partial charge in [0.15, 0.2) is 0 Å². The molecule has 3 aromatic rings. The quantitative estimate of drug-likeness (QED) is 0.459. The second-order valence-electron chi connectivity index (χ2n) is 6.77. The van der Waals surface area contributed by atoms with Crippen LogP contribution >= 0.6 is 0 Å². The van der Waals surface area contributed by atoms with Crippen molar-refractivity contribution >= 4 is 34.2 Å². The van der Waals surface area contributed by atoms with Crippen molar-refractivity contribution in [1.82, 2.24) is 9.47 Å². The minimum atomic E-state index is -0.738. The van der Waals surface area contributed by atoms with Crippen LogP contribution in [0.2, 0.25) is 0 Å². The number of carbonyl (C=O) groups is 3. The lowest BCUT2D eigenvalue weighted by atomic mass is 10.1. The van der Waals surface area contributed by atoms with E-state index >= 15 is 0 Å². The Kier molecular flexibility index (Phi) is 6.51. The maximum Gasteiger partial charge on any atom is 0.296 e. The number of nitrogens with one attached hydrogen (secondary N) is 1. The van der Waals surface area contributed by atoms with E-state index in [0.717, 1.165) is 5.52 Å². The Labute approximate surface area is 175 Å². The fourth-order valence-electron chi connectivity index (χ4n) is 3.37. The average Bonchev–Trinajstić information content (AvgIpc) is 3.13. The molecular weight excluding hydrogens is 382 g/mol. The molecule has 2 aromatic carbocycles. The summed E-state index contributed by atoms with van der Waals surface area (Å²) >= 11 is 0. The smallest absolute Gasteiger partial charge is 0.296 e. The van der Waals surface area contributed by atoms with Gasteiger partial charge in [0.25, 0.3) is 11.7 Å². The van der Waals surface area contributed by atoms with Gasteiger partial charge in [0, 0.05) is 35.9 Å². The summed E-state index contributed by atoms with van der Waals surface area (Å²) in [4.78, 5) is 39.7. The molecule has 0 spiro atoms. The van der Waals surface area contributed by atoms with Crippen LogP contribution in [0.5, 0.6) is 5.75 Å². The van der Waals surface area contributed by atoms with Crippen molar-refractivity contribution < 1.29 is 19.1 Å². The zero-order valence-electron chi connectivity index (χ0n) is 17.3. The van der Waals surface area contributed by atoms with Gasteiger partial charge in [0.2, 0.25) is 5.91 Å². The molecular formula is C23H25N3O4. The molecule has 30 heavy (non-hydrogen) atoms. The van der Waals surface area contributed by atoms with E-state index in [1.54, 1.807) is 59.2 Å². The SMILES string of the molecule is CCN(CC)C(=O)Cn1cc(C(=O)C(=O)Nc2ccc(OC)cc2)c2ccccc21. The number of nitrogens with zero attached hydrogens (tertiary/aromatic N) is 2. The number of hydrogen-bond donors (Lipinski definition) is 1. The average molecular weight is 407 g/mol. The molecule has 7 heteroatoms. The highest BCUT2D eigenvalue weighted by atomic mass is 16.5. The lowest BCUT2D eigenvalue weighted by molar-refractivity contribution is -0.131. The first-order chi connectivity index (χ1) is 14.5. The Morgan fingerprint density at radius 1 is 1.00 bits per heavy atom. The van der Waals surface area contributed by atoms with Crippen molar-refractivity contribution in [3.63, 3.8) is 0 Å². The Bertz CT molecular complexity index is 1070. The molecule has 0 saturated heterocycles. The van der Waals surface area contributed by atoms with Crippen molar-refractivity contribution in [1.29, 1.82) is 0 Å². The van der Waals surface area contributed by atoms with Gasteiger partial charge in [-0.15, -0.1) is 0 Å². The van der Waals surface area contributed by atoms with E-state index in [0.29, 0.717) is 29.9 Å². The Morgan fingerprint density at radius 2 is 1.67 bits per heavy atom. The van der Waals surface area contributed by atoms with Crippen molar-refractivity contribution in [2.45, 2.75) is 20.4 Å². The molecule has 2 amide bonds. The Hall–Kier alpha value is -3.61. The van der Waals surface area contributed by atoms with Crippen molar-refractivity contribution in [3.05, 3.63) is 60.3 Å². The Balaban J connectivity index is 1.86. The number of methoxy groups -OCH3 is 1. The second kappa shape index (κ2) is 9.26. The molecule has 0 atom stereocenters. The van der Waals surface area contributed by atoms with Gasteiger partial charge in [0.1, 0.15) is 12.3 Å². The van der Waals surface area contributed by atoms with Crippen molar-refractivity contribution in [3.8, 4) is 5.75 Å². The van der Waals surface area contributed by atoms with E-state index in [4.69, 9.17) is 4.74 Å². The molecule has 3 rings (SSSR count). The van der Waals surface area contributed by atoms with Crippen molar-refractivity contribution in [2.75, 3.05) is 25.5 Å². The lowest BCUT2D eigenvalue weighted by Crippen LogP contribution is -2.33. The lowest BCUT2D eigenvalue weighted by Gasteiger charge is -2.19. The molecule has 0 fully saturated rings. The van der Waals surface area contributed by atoms with E-state index < -0.39 is 11.7 Å². The molecule has 1 N–H and O–H groups in total. The van der Waals surface area contributed by atoms with Gasteiger partial charge in [-0.1, -0.05) is 18.2 Å². The summed E-state index contributed by atoms with van der Waals surface area (Å²) in [5.41, 5.74) is 1.50.